The maximum atomic E-state index is 13.3. The molecule has 18 heteroatoms. The van der Waals surface area contributed by atoms with Gasteiger partial charge < -0.3 is 19.9 Å². The second kappa shape index (κ2) is 14.1. The number of hydrogen-bond donors (Lipinski definition) is 3. The van der Waals surface area contributed by atoms with Crippen LogP contribution in [0.4, 0.5) is 10.5 Å². The van der Waals surface area contributed by atoms with Gasteiger partial charge in [-0.2, -0.15) is 4.68 Å². The molecule has 5 rings (SSSR count). The molecular formula is C28H27Cl2N9O6S. The Bertz CT molecular complexity index is 1870. The van der Waals surface area contributed by atoms with E-state index in [2.05, 4.69) is 40.9 Å². The zero-order valence-corrected chi connectivity index (χ0v) is 26.5. The Labute approximate surface area is 272 Å². The second-order valence-electron chi connectivity index (χ2n) is 10.1. The summed E-state index contributed by atoms with van der Waals surface area (Å²) < 4.78 is 29.8. The molecule has 240 valence electrons. The van der Waals surface area contributed by atoms with E-state index >= 15 is 0 Å². The first kappa shape index (κ1) is 32.6. The largest absolute Gasteiger partial charge is 0.453 e. The van der Waals surface area contributed by atoms with Crippen LogP contribution < -0.4 is 10.6 Å². The topological polar surface area (TPSA) is 194 Å². The van der Waals surface area contributed by atoms with E-state index in [4.69, 9.17) is 23.2 Å². The van der Waals surface area contributed by atoms with E-state index in [0.29, 0.717) is 33.2 Å². The number of H-pyrrole nitrogens is 1. The van der Waals surface area contributed by atoms with E-state index in [9.17, 15) is 22.8 Å². The molecule has 2 aromatic heterocycles. The summed E-state index contributed by atoms with van der Waals surface area (Å²) in [5, 5.41) is 17.1. The number of anilines is 1. The number of aromatic amines is 1. The van der Waals surface area contributed by atoms with Crippen molar-refractivity contribution < 1.29 is 27.5 Å². The predicted octanol–water partition coefficient (Wildman–Crippen LogP) is 3.06. The number of rotatable bonds is 9. The van der Waals surface area contributed by atoms with Gasteiger partial charge in [-0.15, -0.1) is 5.10 Å². The fourth-order valence-corrected chi connectivity index (χ4v) is 6.24. The Balaban J connectivity index is 1.39. The lowest BCUT2D eigenvalue weighted by Crippen LogP contribution is -2.45. The van der Waals surface area contributed by atoms with E-state index in [1.54, 1.807) is 42.5 Å². The summed E-state index contributed by atoms with van der Waals surface area (Å²) >= 11 is 12.7. The van der Waals surface area contributed by atoms with Crippen LogP contribution in [-0.2, 0) is 24.2 Å². The molecule has 2 aromatic carbocycles. The number of carbonyl (C=O) groups is 3. The molecule has 0 saturated carbocycles. The lowest BCUT2D eigenvalue weighted by molar-refractivity contribution is -0.131. The molecule has 0 spiro atoms. The van der Waals surface area contributed by atoms with Crippen LogP contribution in [0.2, 0.25) is 10.2 Å². The van der Waals surface area contributed by atoms with E-state index in [1.165, 1.54) is 35.2 Å². The summed E-state index contributed by atoms with van der Waals surface area (Å²) in [6, 6.07) is 10.7. The molecule has 1 fully saturated rings. The Morgan fingerprint density at radius 1 is 1.11 bits per heavy atom. The number of nitrogens with zero attached hydrogens (tertiary/aromatic N) is 6. The van der Waals surface area contributed by atoms with Crippen molar-refractivity contribution in [2.75, 3.05) is 37.0 Å². The SMILES string of the molecule is COC(=O)Nc1ccc(-c2nc([C@H](CC(=O)N3CCS(=O)(=O)CC3)NC(=O)/C=C/c3cc(Cl)ccc3-n3cnnn3)[nH]c2Cl)cc1. The second-order valence-corrected chi connectivity index (χ2v) is 13.2. The van der Waals surface area contributed by atoms with Crippen LogP contribution in [0.15, 0.2) is 54.9 Å². The number of amides is 3. The third kappa shape index (κ3) is 8.07. The molecule has 0 bridgehead atoms. The molecule has 3 heterocycles. The zero-order valence-electron chi connectivity index (χ0n) is 24.2. The normalized spacial score (nSPS) is 15.0. The zero-order chi connectivity index (χ0) is 32.8. The van der Waals surface area contributed by atoms with Gasteiger partial charge in [0.05, 0.1) is 36.8 Å². The maximum Gasteiger partial charge on any atom is 0.411 e. The van der Waals surface area contributed by atoms with Gasteiger partial charge in [-0.05, 0) is 46.8 Å². The summed E-state index contributed by atoms with van der Waals surface area (Å²) in [6.07, 6.45) is 3.34. The van der Waals surface area contributed by atoms with E-state index in [1.807, 2.05) is 0 Å². The molecule has 15 nitrogen and oxygen atoms in total. The van der Waals surface area contributed by atoms with Crippen LogP contribution in [-0.4, -0.2) is 93.1 Å². The van der Waals surface area contributed by atoms with Gasteiger partial charge in [0, 0.05) is 41.0 Å². The highest BCUT2D eigenvalue weighted by Gasteiger charge is 2.29. The number of benzene rings is 2. The number of imidazole rings is 1. The highest BCUT2D eigenvalue weighted by molar-refractivity contribution is 7.91. The van der Waals surface area contributed by atoms with Gasteiger partial charge in [-0.25, -0.2) is 18.2 Å². The van der Waals surface area contributed by atoms with Gasteiger partial charge >= 0.3 is 6.09 Å². The molecule has 1 aliphatic heterocycles. The molecule has 3 amide bonds. The Morgan fingerprint density at radius 2 is 1.85 bits per heavy atom. The average molecular weight is 689 g/mol. The van der Waals surface area contributed by atoms with E-state index in [-0.39, 0.29) is 47.9 Å². The minimum absolute atomic E-state index is 0.0482. The quantitative estimate of drug-likeness (QED) is 0.220. The van der Waals surface area contributed by atoms with Crippen molar-refractivity contribution in [3.05, 3.63) is 76.4 Å². The number of hydrogen-bond acceptors (Lipinski definition) is 10. The molecule has 1 saturated heterocycles. The smallest absolute Gasteiger partial charge is 0.411 e. The highest BCUT2D eigenvalue weighted by Crippen LogP contribution is 2.30. The molecule has 0 unspecified atom stereocenters. The summed E-state index contributed by atoms with van der Waals surface area (Å²) in [5.41, 5.74) is 2.54. The van der Waals surface area contributed by atoms with Gasteiger partial charge in [-0.1, -0.05) is 35.3 Å². The first-order valence-electron chi connectivity index (χ1n) is 13.7. The molecule has 0 radical (unpaired) electrons. The van der Waals surface area contributed by atoms with Crippen LogP contribution in [0.5, 0.6) is 0 Å². The molecular weight excluding hydrogens is 661 g/mol. The number of ether oxygens (including phenoxy) is 1. The van der Waals surface area contributed by atoms with Crippen molar-refractivity contribution in [1.29, 1.82) is 0 Å². The lowest BCUT2D eigenvalue weighted by Gasteiger charge is -2.28. The number of aromatic nitrogens is 6. The number of sulfone groups is 1. The first-order chi connectivity index (χ1) is 22.0. The molecule has 1 aliphatic rings. The summed E-state index contributed by atoms with van der Waals surface area (Å²) in [7, 11) is -1.96. The molecule has 3 N–H and O–H groups in total. The van der Waals surface area contributed by atoms with Gasteiger partial charge in [0.15, 0.2) is 9.84 Å². The van der Waals surface area contributed by atoms with Crippen molar-refractivity contribution in [3.8, 4) is 16.9 Å². The van der Waals surface area contributed by atoms with Crippen LogP contribution in [0.1, 0.15) is 23.9 Å². The van der Waals surface area contributed by atoms with Gasteiger partial charge in [0.25, 0.3) is 0 Å². The molecule has 46 heavy (non-hydrogen) atoms. The number of nitrogens with one attached hydrogen (secondary N) is 3. The molecule has 4 aromatic rings. The minimum atomic E-state index is -3.21. The van der Waals surface area contributed by atoms with Crippen molar-refractivity contribution in [1.82, 2.24) is 40.4 Å². The van der Waals surface area contributed by atoms with Crippen molar-refractivity contribution in [3.63, 3.8) is 0 Å². The van der Waals surface area contributed by atoms with Gasteiger partial charge in [-0.3, -0.25) is 14.9 Å². The Kier molecular flexibility index (Phi) is 9.99. The first-order valence-corrected chi connectivity index (χ1v) is 16.3. The van der Waals surface area contributed by atoms with E-state index in [0.717, 1.165) is 0 Å². The van der Waals surface area contributed by atoms with Crippen molar-refractivity contribution >= 4 is 62.7 Å². The monoisotopic (exact) mass is 687 g/mol. The lowest BCUT2D eigenvalue weighted by atomic mass is 10.1. The van der Waals surface area contributed by atoms with Crippen molar-refractivity contribution in [2.24, 2.45) is 0 Å². The van der Waals surface area contributed by atoms with E-state index < -0.39 is 27.9 Å². The number of carbonyl (C=O) groups excluding carboxylic acids is 3. The number of methoxy groups -OCH3 is 1. The van der Waals surface area contributed by atoms with Gasteiger partial charge in [0.1, 0.15) is 23.0 Å². The summed E-state index contributed by atoms with van der Waals surface area (Å²) in [6.45, 7) is 0.0963. The third-order valence-corrected chi connectivity index (χ3v) is 9.11. The van der Waals surface area contributed by atoms with Gasteiger partial charge in [0.2, 0.25) is 11.8 Å². The van der Waals surface area contributed by atoms with Crippen LogP contribution in [0.3, 0.4) is 0 Å². The summed E-state index contributed by atoms with van der Waals surface area (Å²) in [5.74, 6) is -1.01. The average Bonchev–Trinajstić information content (AvgIpc) is 3.70. The highest BCUT2D eigenvalue weighted by atomic mass is 35.5. The Morgan fingerprint density at radius 3 is 2.52 bits per heavy atom. The minimum Gasteiger partial charge on any atom is -0.453 e. The standard InChI is InChI=1S/C28H27Cl2N9O6S/c1-45-28(42)32-20-6-2-17(3-7-20)25-26(30)35-27(34-25)21(15-24(41)38-10-12-46(43,44)13-11-38)33-23(40)9-4-18-14-19(29)5-8-22(18)39-16-31-36-37-39/h2-9,14,16,21H,10-13,15H2,1H3,(H,32,42)(H,33,40)(H,34,35)/b9-4+/t21-/m0/s1. The fraction of sp³-hybridized carbons (Fsp3) is 0.250. The number of halogens is 2. The fourth-order valence-electron chi connectivity index (χ4n) is 4.61. The van der Waals surface area contributed by atoms with Crippen LogP contribution >= 0.6 is 23.2 Å². The molecule has 0 aliphatic carbocycles. The summed E-state index contributed by atoms with van der Waals surface area (Å²) in [4.78, 5) is 47.0. The maximum absolute atomic E-state index is 13.3. The van der Waals surface area contributed by atoms with Crippen LogP contribution in [0.25, 0.3) is 23.0 Å². The van der Waals surface area contributed by atoms with Crippen LogP contribution in [0, 0.1) is 0 Å². The predicted molar refractivity (Wildman–Crippen MR) is 169 cm³/mol. The third-order valence-electron chi connectivity index (χ3n) is 6.99. The van der Waals surface area contributed by atoms with Crippen molar-refractivity contribution in [2.45, 2.75) is 12.5 Å². The Hall–Kier alpha value is -4.80. The number of tetrazole rings is 1. The molecule has 1 atom stereocenters.